The summed E-state index contributed by atoms with van der Waals surface area (Å²) in [6, 6.07) is 114. The van der Waals surface area contributed by atoms with Gasteiger partial charge in [-0.1, -0.05) is 267 Å². The second kappa shape index (κ2) is 21.4. The quantitative estimate of drug-likeness (QED) is 0.136. The van der Waals surface area contributed by atoms with Gasteiger partial charge in [0.2, 0.25) is 0 Å². The van der Waals surface area contributed by atoms with Gasteiger partial charge in [-0.05, 0) is 54.6 Å². The van der Waals surface area contributed by atoms with Crippen LogP contribution in [0.25, 0.3) is 178 Å². The fraction of sp³-hybridized carbons (Fsp3) is 0. The molecule has 0 aliphatic heterocycles. The van der Waals surface area contributed by atoms with Crippen molar-refractivity contribution in [3.63, 3.8) is 0 Å². The van der Waals surface area contributed by atoms with Gasteiger partial charge in [0.05, 0.1) is 83.8 Å². The first kappa shape index (κ1) is 53.0. The average molecular weight is 1200 g/mol. The molecule has 19 aromatic rings. The zero-order valence-corrected chi connectivity index (χ0v) is 50.6. The average Bonchev–Trinajstić information content (AvgIpc) is 1.39. The molecular formula is C85H53N9. The maximum Gasteiger partial charge on any atom is 0.167 e. The summed E-state index contributed by atoms with van der Waals surface area (Å²) in [6.45, 7) is 0. The van der Waals surface area contributed by atoms with Crippen molar-refractivity contribution in [1.29, 1.82) is 0 Å². The van der Waals surface area contributed by atoms with E-state index in [2.05, 4.69) is 297 Å². The summed E-state index contributed by atoms with van der Waals surface area (Å²) in [4.78, 5) is 29.0. The fourth-order valence-corrected chi connectivity index (χ4v) is 14.6. The number of fused-ring (bicyclic) bond motifs is 12. The van der Waals surface area contributed by atoms with Crippen LogP contribution in [-0.2, 0) is 0 Å². The molecule has 0 fully saturated rings. The number of hydrogen-bond acceptors (Lipinski definition) is 5. The number of benzene rings is 13. The van der Waals surface area contributed by atoms with Gasteiger partial charge in [0, 0.05) is 70.9 Å². The van der Waals surface area contributed by atoms with Gasteiger partial charge in [-0.25, -0.2) is 24.9 Å². The summed E-state index contributed by atoms with van der Waals surface area (Å²) in [7, 11) is 0. The monoisotopic (exact) mass is 1200 g/mol. The smallest absolute Gasteiger partial charge is 0.167 e. The zero-order valence-electron chi connectivity index (χ0n) is 50.6. The minimum absolute atomic E-state index is 0.443. The lowest BCUT2D eigenvalue weighted by molar-refractivity contribution is 1.01. The number of nitrogens with zero attached hydrogens (tertiary/aromatic N) is 9. The van der Waals surface area contributed by atoms with Crippen LogP contribution in [0.1, 0.15) is 0 Å². The summed E-state index contributed by atoms with van der Waals surface area (Å²) in [6.07, 6.45) is 0. The van der Waals surface area contributed by atoms with Crippen LogP contribution in [0.2, 0.25) is 0 Å². The summed E-state index contributed by atoms with van der Waals surface area (Å²) >= 11 is 0. The Balaban J connectivity index is 1.19. The van der Waals surface area contributed by atoms with Gasteiger partial charge in [-0.15, -0.1) is 0 Å². The number of para-hydroxylation sites is 8. The highest BCUT2D eigenvalue weighted by molar-refractivity contribution is 6.18. The van der Waals surface area contributed by atoms with Gasteiger partial charge in [0.1, 0.15) is 0 Å². The van der Waals surface area contributed by atoms with E-state index in [1.165, 1.54) is 0 Å². The van der Waals surface area contributed by atoms with Crippen molar-refractivity contribution in [2.24, 2.45) is 0 Å². The Hall–Kier alpha value is -12.9. The van der Waals surface area contributed by atoms with Crippen LogP contribution in [0.5, 0.6) is 0 Å². The summed E-state index contributed by atoms with van der Waals surface area (Å²) < 4.78 is 10.1. The van der Waals surface area contributed by atoms with Crippen LogP contribution in [0, 0.1) is 0 Å². The predicted octanol–water partition coefficient (Wildman–Crippen LogP) is 21.1. The highest BCUT2D eigenvalue weighted by Gasteiger charge is 2.38. The first-order chi connectivity index (χ1) is 46.7. The minimum atomic E-state index is 0.443. The van der Waals surface area contributed by atoms with Crippen LogP contribution >= 0.6 is 0 Å². The Kier molecular flexibility index (Phi) is 12.1. The molecule has 13 aromatic carbocycles. The Bertz CT molecular complexity index is 5510. The molecule has 9 heteroatoms. The van der Waals surface area contributed by atoms with Crippen LogP contribution in [0.15, 0.2) is 322 Å². The van der Waals surface area contributed by atoms with E-state index in [1.807, 2.05) is 42.5 Å². The molecule has 6 aromatic heterocycles. The van der Waals surface area contributed by atoms with E-state index in [0.717, 1.165) is 149 Å². The molecule has 0 aliphatic carbocycles. The first-order valence-corrected chi connectivity index (χ1v) is 31.8. The number of aromatic nitrogens is 9. The van der Waals surface area contributed by atoms with Gasteiger partial charge in [-0.2, -0.15) is 0 Å². The molecule has 0 radical (unpaired) electrons. The summed E-state index contributed by atoms with van der Waals surface area (Å²) in [5.41, 5.74) is 17.9. The number of rotatable bonds is 10. The largest absolute Gasteiger partial charge is 0.306 e. The second-order valence-corrected chi connectivity index (χ2v) is 23.9. The highest BCUT2D eigenvalue weighted by atomic mass is 15.2. The van der Waals surface area contributed by atoms with Crippen molar-refractivity contribution in [2.75, 3.05) is 0 Å². The minimum Gasteiger partial charge on any atom is -0.306 e. The Morgan fingerprint density at radius 2 is 0.394 bits per heavy atom. The highest BCUT2D eigenvalue weighted by Crippen LogP contribution is 2.54. The first-order valence-electron chi connectivity index (χ1n) is 31.8. The molecule has 0 bridgehead atoms. The SMILES string of the molecule is c1ccc(-c2cc(-c3c(-c4nc(-c5ccccc5)nc(-c5ccccc5)n4)c(-n4c5ccccc5c5ccccc54)c(-n4c5ccccc5c5ccccc54)c(-n4c5ccccc5c5ccccc54)c3-n3c4ccccc4c4ccccc43)nc(-c3ccccc3)n2)cc1. The number of hydrogen-bond donors (Lipinski definition) is 0. The zero-order chi connectivity index (χ0) is 61.8. The maximum atomic E-state index is 6.04. The van der Waals surface area contributed by atoms with Crippen molar-refractivity contribution in [3.05, 3.63) is 322 Å². The maximum absolute atomic E-state index is 6.04. The molecule has 0 saturated heterocycles. The molecule has 0 spiro atoms. The van der Waals surface area contributed by atoms with Crippen LogP contribution < -0.4 is 0 Å². The van der Waals surface area contributed by atoms with E-state index in [0.29, 0.717) is 29.0 Å². The Labute approximate surface area is 539 Å². The van der Waals surface area contributed by atoms with E-state index in [1.54, 1.807) is 0 Å². The third kappa shape index (κ3) is 8.18. The van der Waals surface area contributed by atoms with E-state index >= 15 is 0 Å². The van der Waals surface area contributed by atoms with Crippen molar-refractivity contribution < 1.29 is 0 Å². The van der Waals surface area contributed by atoms with E-state index in [-0.39, 0.29) is 0 Å². The Morgan fingerprint density at radius 1 is 0.170 bits per heavy atom. The standard InChI is InChI=1S/C85H53N9/c1-5-29-54(30-6-1)66-53-67(87-82(86-66)55-31-7-2-8-32-55)76-77(85-89-83(56-33-9-3-10-34-56)88-84(90-85)57-35-11-4-12-36-57)79(92-70-47-23-15-39-60(70)61-40-16-24-48-71(61)92)81(94-74-51-27-19-43-64(74)65-44-20-28-52-75(65)94)80(93-72-49-25-17-41-62(72)63-42-18-26-50-73(63)93)78(76)91-68-45-21-13-37-58(68)59-38-14-22-46-69(59)91/h1-53H. The lowest BCUT2D eigenvalue weighted by Gasteiger charge is -2.31. The molecule has 19 rings (SSSR count). The van der Waals surface area contributed by atoms with Crippen molar-refractivity contribution >= 4 is 87.2 Å². The van der Waals surface area contributed by atoms with Gasteiger partial charge >= 0.3 is 0 Å². The van der Waals surface area contributed by atoms with Crippen LogP contribution in [0.4, 0.5) is 0 Å². The molecule has 0 saturated carbocycles. The van der Waals surface area contributed by atoms with Crippen LogP contribution in [-0.4, -0.2) is 43.2 Å². The molecule has 6 heterocycles. The summed E-state index contributed by atoms with van der Waals surface area (Å²) in [5.74, 6) is 2.04. The topological polar surface area (TPSA) is 84.2 Å². The van der Waals surface area contributed by atoms with Gasteiger partial charge in [-0.3, -0.25) is 0 Å². The second-order valence-electron chi connectivity index (χ2n) is 23.9. The molecule has 0 atom stereocenters. The predicted molar refractivity (Wildman–Crippen MR) is 385 cm³/mol. The Morgan fingerprint density at radius 3 is 0.702 bits per heavy atom. The van der Waals surface area contributed by atoms with E-state index < -0.39 is 0 Å². The molecule has 0 aliphatic rings. The lowest BCUT2D eigenvalue weighted by Crippen LogP contribution is -2.17. The molecule has 94 heavy (non-hydrogen) atoms. The van der Waals surface area contributed by atoms with Gasteiger partial charge in [0.15, 0.2) is 23.3 Å². The van der Waals surface area contributed by atoms with E-state index in [9.17, 15) is 0 Å². The van der Waals surface area contributed by atoms with Crippen molar-refractivity contribution in [1.82, 2.24) is 43.2 Å². The lowest BCUT2D eigenvalue weighted by atomic mass is 9.92. The molecule has 0 amide bonds. The fourth-order valence-electron chi connectivity index (χ4n) is 14.6. The molecular weight excluding hydrogens is 1150 g/mol. The third-order valence-corrected chi connectivity index (χ3v) is 18.6. The van der Waals surface area contributed by atoms with Crippen molar-refractivity contribution in [3.8, 4) is 90.8 Å². The third-order valence-electron chi connectivity index (χ3n) is 18.6. The molecule has 0 N–H and O–H groups in total. The molecule has 0 unspecified atom stereocenters. The van der Waals surface area contributed by atoms with Gasteiger partial charge in [0.25, 0.3) is 0 Å². The molecule has 9 nitrogen and oxygen atoms in total. The van der Waals surface area contributed by atoms with Gasteiger partial charge < -0.3 is 18.3 Å². The van der Waals surface area contributed by atoms with E-state index in [4.69, 9.17) is 24.9 Å². The molecule has 438 valence electrons. The van der Waals surface area contributed by atoms with Crippen LogP contribution in [0.3, 0.4) is 0 Å². The van der Waals surface area contributed by atoms with Crippen molar-refractivity contribution in [2.45, 2.75) is 0 Å². The summed E-state index contributed by atoms with van der Waals surface area (Å²) in [5, 5.41) is 8.82. The normalized spacial score (nSPS) is 11.8.